The fraction of sp³-hybridized carbons (Fsp3) is 0.143. The molecule has 0 spiro atoms. The molecule has 21 heavy (non-hydrogen) atoms. The van der Waals surface area contributed by atoms with Crippen LogP contribution < -0.4 is 10.5 Å². The number of anilines is 2. The molecule has 0 aliphatic rings. The molecule has 0 aliphatic carbocycles. The van der Waals surface area contributed by atoms with Gasteiger partial charge < -0.3 is 5.73 Å². The molecule has 0 amide bonds. The molecule has 0 radical (unpaired) electrons. The smallest absolute Gasteiger partial charge is 0.264 e. The quantitative estimate of drug-likeness (QED) is 0.847. The first-order valence-corrected chi connectivity index (χ1v) is 7.92. The zero-order chi connectivity index (χ0) is 15.8. The van der Waals surface area contributed by atoms with Crippen LogP contribution in [0.3, 0.4) is 0 Å². The molecule has 7 heteroatoms. The molecule has 0 saturated carbocycles. The van der Waals surface area contributed by atoms with E-state index in [9.17, 15) is 12.8 Å². The van der Waals surface area contributed by atoms with Gasteiger partial charge in [-0.05, 0) is 43.2 Å². The molecule has 2 rings (SSSR count). The largest absolute Gasteiger partial charge is 0.397 e. The monoisotopic (exact) mass is 328 g/mol. The summed E-state index contributed by atoms with van der Waals surface area (Å²) in [5, 5.41) is 0.101. The lowest BCUT2D eigenvalue weighted by atomic mass is 10.1. The van der Waals surface area contributed by atoms with E-state index in [2.05, 4.69) is 4.72 Å². The zero-order valence-corrected chi connectivity index (χ0v) is 13.0. The highest BCUT2D eigenvalue weighted by atomic mass is 35.5. The molecular formula is C14H14ClFN2O2S. The van der Waals surface area contributed by atoms with Gasteiger partial charge in [-0.3, -0.25) is 4.72 Å². The average molecular weight is 329 g/mol. The summed E-state index contributed by atoms with van der Waals surface area (Å²) in [5.41, 5.74) is 7.14. The molecule has 112 valence electrons. The molecule has 4 nitrogen and oxygen atoms in total. The van der Waals surface area contributed by atoms with Gasteiger partial charge in [-0.2, -0.15) is 0 Å². The number of hydrogen-bond acceptors (Lipinski definition) is 3. The predicted molar refractivity (Wildman–Crippen MR) is 82.5 cm³/mol. The van der Waals surface area contributed by atoms with Crippen LogP contribution in [-0.4, -0.2) is 8.42 Å². The number of sulfonamides is 1. The van der Waals surface area contributed by atoms with Crippen molar-refractivity contribution in [3.05, 3.63) is 52.3 Å². The van der Waals surface area contributed by atoms with Gasteiger partial charge in [0.2, 0.25) is 0 Å². The van der Waals surface area contributed by atoms with Gasteiger partial charge >= 0.3 is 0 Å². The van der Waals surface area contributed by atoms with Crippen LogP contribution in [0.4, 0.5) is 15.8 Å². The van der Waals surface area contributed by atoms with Crippen LogP contribution >= 0.6 is 11.6 Å². The fourth-order valence-corrected chi connectivity index (χ4v) is 3.66. The van der Waals surface area contributed by atoms with E-state index in [-0.39, 0.29) is 21.3 Å². The topological polar surface area (TPSA) is 72.2 Å². The minimum absolute atomic E-state index is 0.0252. The number of benzene rings is 2. The number of nitrogens with two attached hydrogens (primary N) is 1. The van der Waals surface area contributed by atoms with E-state index in [1.54, 1.807) is 26.0 Å². The molecule has 0 heterocycles. The van der Waals surface area contributed by atoms with Gasteiger partial charge in [-0.25, -0.2) is 12.8 Å². The standard InChI is InChI=1S/C14H14ClFN2O2S/c1-8-3-4-9(2)14(13(8)17)21(19,20)18-12-7-10(16)5-6-11(12)15/h3-7,18H,17H2,1-2H3. The highest BCUT2D eigenvalue weighted by Crippen LogP contribution is 2.30. The summed E-state index contributed by atoms with van der Waals surface area (Å²) in [6, 6.07) is 6.83. The maximum atomic E-state index is 13.2. The summed E-state index contributed by atoms with van der Waals surface area (Å²) in [5.74, 6) is -0.592. The molecule has 3 N–H and O–H groups in total. The van der Waals surface area contributed by atoms with E-state index in [1.165, 1.54) is 6.07 Å². The number of aryl methyl sites for hydroxylation is 2. The zero-order valence-electron chi connectivity index (χ0n) is 11.4. The first kappa shape index (κ1) is 15.6. The Labute approximate surface area is 127 Å². The minimum atomic E-state index is -3.96. The average Bonchev–Trinajstić information content (AvgIpc) is 2.38. The molecule has 0 saturated heterocycles. The van der Waals surface area contributed by atoms with E-state index >= 15 is 0 Å². The lowest BCUT2D eigenvalue weighted by Crippen LogP contribution is -2.17. The maximum Gasteiger partial charge on any atom is 0.264 e. The summed E-state index contributed by atoms with van der Waals surface area (Å²) in [7, 11) is -3.96. The van der Waals surface area contributed by atoms with Gasteiger partial charge in [-0.1, -0.05) is 23.7 Å². The number of hydrogen-bond donors (Lipinski definition) is 2. The summed E-state index contributed by atoms with van der Waals surface area (Å²) >= 11 is 5.88. The number of nitrogen functional groups attached to an aromatic ring is 1. The van der Waals surface area contributed by atoms with Crippen LogP contribution in [0.2, 0.25) is 5.02 Å². The lowest BCUT2D eigenvalue weighted by molar-refractivity contribution is 0.601. The summed E-state index contributed by atoms with van der Waals surface area (Å²) in [6.07, 6.45) is 0. The van der Waals surface area contributed by atoms with Crippen LogP contribution in [0.5, 0.6) is 0 Å². The van der Waals surface area contributed by atoms with Crippen molar-refractivity contribution in [1.82, 2.24) is 0 Å². The van der Waals surface area contributed by atoms with Gasteiger partial charge in [0.25, 0.3) is 10.0 Å². The van der Waals surface area contributed by atoms with Crippen molar-refractivity contribution in [2.24, 2.45) is 0 Å². The Morgan fingerprint density at radius 2 is 1.76 bits per heavy atom. The van der Waals surface area contributed by atoms with E-state index in [0.717, 1.165) is 12.1 Å². The van der Waals surface area contributed by atoms with Gasteiger partial charge in [0.05, 0.1) is 16.4 Å². The van der Waals surface area contributed by atoms with Crippen LogP contribution in [0, 0.1) is 19.7 Å². The third-order valence-electron chi connectivity index (χ3n) is 3.05. The van der Waals surface area contributed by atoms with Gasteiger partial charge in [0.15, 0.2) is 0 Å². The van der Waals surface area contributed by atoms with Gasteiger partial charge in [-0.15, -0.1) is 0 Å². The highest BCUT2D eigenvalue weighted by Gasteiger charge is 2.22. The first-order valence-electron chi connectivity index (χ1n) is 6.06. The van der Waals surface area contributed by atoms with Crippen LogP contribution in [0.1, 0.15) is 11.1 Å². The maximum absolute atomic E-state index is 13.2. The van der Waals surface area contributed by atoms with Crippen molar-refractivity contribution >= 4 is 33.0 Å². The Morgan fingerprint density at radius 1 is 1.14 bits per heavy atom. The second-order valence-electron chi connectivity index (χ2n) is 4.67. The Balaban J connectivity index is 2.54. The van der Waals surface area contributed by atoms with Crippen molar-refractivity contribution in [2.45, 2.75) is 18.7 Å². The third-order valence-corrected chi connectivity index (χ3v) is 4.95. The molecule has 0 aromatic heterocycles. The predicted octanol–water partition coefficient (Wildman–Crippen LogP) is 3.48. The molecular weight excluding hydrogens is 315 g/mol. The van der Waals surface area contributed by atoms with Crippen molar-refractivity contribution in [3.8, 4) is 0 Å². The van der Waals surface area contributed by atoms with Crippen LogP contribution in [0.15, 0.2) is 35.2 Å². The Kier molecular flexibility index (Phi) is 4.11. The summed E-state index contributed by atoms with van der Waals surface area (Å²) in [6.45, 7) is 3.35. The fourth-order valence-electron chi connectivity index (χ4n) is 1.94. The highest BCUT2D eigenvalue weighted by molar-refractivity contribution is 7.93. The number of nitrogens with one attached hydrogen (secondary N) is 1. The normalized spacial score (nSPS) is 11.4. The van der Waals surface area contributed by atoms with Gasteiger partial charge in [0, 0.05) is 0 Å². The SMILES string of the molecule is Cc1ccc(C)c(S(=O)(=O)Nc2cc(F)ccc2Cl)c1N. The number of halogens is 2. The molecule has 0 atom stereocenters. The van der Waals surface area contributed by atoms with E-state index in [1.807, 2.05) is 0 Å². The van der Waals surface area contributed by atoms with Crippen LogP contribution in [-0.2, 0) is 10.0 Å². The Bertz CT molecular complexity index is 807. The lowest BCUT2D eigenvalue weighted by Gasteiger charge is -2.15. The van der Waals surface area contributed by atoms with Crippen molar-refractivity contribution < 1.29 is 12.8 Å². The first-order chi connectivity index (χ1) is 9.72. The molecule has 0 bridgehead atoms. The molecule has 2 aromatic carbocycles. The summed E-state index contributed by atoms with van der Waals surface area (Å²) in [4.78, 5) is -0.0252. The van der Waals surface area contributed by atoms with E-state index in [0.29, 0.717) is 11.1 Å². The van der Waals surface area contributed by atoms with Crippen molar-refractivity contribution in [1.29, 1.82) is 0 Å². The van der Waals surface area contributed by atoms with Crippen molar-refractivity contribution in [3.63, 3.8) is 0 Å². The number of rotatable bonds is 3. The second kappa shape index (κ2) is 5.54. The second-order valence-corrected chi connectivity index (χ2v) is 6.70. The van der Waals surface area contributed by atoms with Gasteiger partial charge in [0.1, 0.15) is 10.7 Å². The molecule has 0 aliphatic heterocycles. The molecule has 0 unspecified atom stereocenters. The van der Waals surface area contributed by atoms with E-state index < -0.39 is 15.8 Å². The summed E-state index contributed by atoms with van der Waals surface area (Å²) < 4.78 is 40.5. The molecule has 0 fully saturated rings. The minimum Gasteiger partial charge on any atom is -0.397 e. The van der Waals surface area contributed by atoms with Crippen LogP contribution in [0.25, 0.3) is 0 Å². The van der Waals surface area contributed by atoms with Crippen molar-refractivity contribution in [2.75, 3.05) is 10.5 Å². The van der Waals surface area contributed by atoms with E-state index in [4.69, 9.17) is 17.3 Å². The Morgan fingerprint density at radius 3 is 2.43 bits per heavy atom. The third kappa shape index (κ3) is 3.11. The molecule has 2 aromatic rings. The Hall–Kier alpha value is -1.79.